The number of ether oxygens (including phenoxy) is 2. The number of anilines is 2. The Morgan fingerprint density at radius 1 is 1.12 bits per heavy atom. The monoisotopic (exact) mass is 338 g/mol. The minimum Gasteiger partial charge on any atom is -0.379 e. The van der Waals surface area contributed by atoms with Gasteiger partial charge >= 0.3 is 5.69 Å². The molecule has 0 aliphatic carbocycles. The lowest BCUT2D eigenvalue weighted by Crippen LogP contribution is -2.39. The Hall–Kier alpha value is -2.04. The lowest BCUT2D eigenvalue weighted by Gasteiger charge is -2.28. The number of hydrogen-bond donors (Lipinski definition) is 1. The van der Waals surface area contributed by atoms with Gasteiger partial charge in [0.2, 0.25) is 11.6 Å². The SMILES string of the molecule is O=[N+]([O-])c1c(NCCN2CCOCC2)ncnc1N1CCOCC1. The van der Waals surface area contributed by atoms with E-state index in [0.717, 1.165) is 32.8 Å². The summed E-state index contributed by atoms with van der Waals surface area (Å²) in [6.07, 6.45) is 1.37. The maximum absolute atomic E-state index is 11.6. The van der Waals surface area contributed by atoms with Gasteiger partial charge in [0, 0.05) is 39.3 Å². The molecule has 0 radical (unpaired) electrons. The van der Waals surface area contributed by atoms with E-state index in [9.17, 15) is 10.1 Å². The third kappa shape index (κ3) is 4.08. The Labute approximate surface area is 139 Å². The van der Waals surface area contributed by atoms with Crippen molar-refractivity contribution in [1.82, 2.24) is 14.9 Å². The molecule has 0 spiro atoms. The fourth-order valence-corrected chi connectivity index (χ4v) is 2.83. The van der Waals surface area contributed by atoms with Gasteiger partial charge in [-0.3, -0.25) is 15.0 Å². The highest BCUT2D eigenvalue weighted by Crippen LogP contribution is 2.31. The predicted molar refractivity (Wildman–Crippen MR) is 87.5 cm³/mol. The molecule has 24 heavy (non-hydrogen) atoms. The second-order valence-corrected chi connectivity index (χ2v) is 5.63. The molecule has 0 bridgehead atoms. The molecule has 2 fully saturated rings. The second kappa shape index (κ2) is 8.18. The van der Waals surface area contributed by atoms with Crippen LogP contribution in [0.1, 0.15) is 0 Å². The third-order valence-corrected chi connectivity index (χ3v) is 4.12. The van der Waals surface area contributed by atoms with Crippen LogP contribution in [0.3, 0.4) is 0 Å². The van der Waals surface area contributed by atoms with E-state index in [1.807, 2.05) is 4.90 Å². The summed E-state index contributed by atoms with van der Waals surface area (Å²) < 4.78 is 10.6. The molecule has 132 valence electrons. The largest absolute Gasteiger partial charge is 0.379 e. The summed E-state index contributed by atoms with van der Waals surface area (Å²) >= 11 is 0. The van der Waals surface area contributed by atoms with E-state index in [2.05, 4.69) is 20.2 Å². The van der Waals surface area contributed by atoms with Crippen LogP contribution in [-0.4, -0.2) is 85.5 Å². The van der Waals surface area contributed by atoms with Crippen molar-refractivity contribution in [3.05, 3.63) is 16.4 Å². The number of nitrogens with one attached hydrogen (secondary N) is 1. The van der Waals surface area contributed by atoms with E-state index in [4.69, 9.17) is 9.47 Å². The van der Waals surface area contributed by atoms with Gasteiger partial charge in [0.15, 0.2) is 0 Å². The smallest absolute Gasteiger partial charge is 0.353 e. The van der Waals surface area contributed by atoms with Crippen LogP contribution in [0, 0.1) is 10.1 Å². The van der Waals surface area contributed by atoms with Crippen molar-refractivity contribution < 1.29 is 14.4 Å². The zero-order valence-electron chi connectivity index (χ0n) is 13.5. The topological polar surface area (TPSA) is 106 Å². The molecule has 2 saturated heterocycles. The van der Waals surface area contributed by atoms with Gasteiger partial charge in [-0.1, -0.05) is 0 Å². The molecular formula is C14H22N6O4. The molecular weight excluding hydrogens is 316 g/mol. The first-order chi connectivity index (χ1) is 11.8. The summed E-state index contributed by atoms with van der Waals surface area (Å²) in [4.78, 5) is 23.5. The molecule has 0 unspecified atom stereocenters. The van der Waals surface area contributed by atoms with Crippen LogP contribution in [0.25, 0.3) is 0 Å². The van der Waals surface area contributed by atoms with Gasteiger partial charge in [0.1, 0.15) is 6.33 Å². The molecule has 0 amide bonds. The zero-order valence-corrected chi connectivity index (χ0v) is 13.5. The first kappa shape index (κ1) is 16.8. The van der Waals surface area contributed by atoms with E-state index in [-0.39, 0.29) is 11.5 Å². The Bertz CT molecular complexity index is 560. The van der Waals surface area contributed by atoms with Crippen LogP contribution in [0.4, 0.5) is 17.3 Å². The molecule has 0 atom stereocenters. The zero-order chi connectivity index (χ0) is 16.8. The highest BCUT2D eigenvalue weighted by Gasteiger charge is 2.28. The standard InChI is InChI=1S/C14H22N6O4/c21-20(22)12-13(15-1-2-18-3-7-23-8-4-18)16-11-17-14(12)19-5-9-24-10-6-19/h11H,1-10H2,(H,15,16,17). The minimum atomic E-state index is -0.415. The Balaban J connectivity index is 1.68. The van der Waals surface area contributed by atoms with Gasteiger partial charge in [0.05, 0.1) is 31.4 Å². The van der Waals surface area contributed by atoms with E-state index in [1.54, 1.807) is 0 Å². The van der Waals surface area contributed by atoms with E-state index in [1.165, 1.54) is 6.33 Å². The molecule has 2 aliphatic rings. The first-order valence-corrected chi connectivity index (χ1v) is 8.12. The van der Waals surface area contributed by atoms with Crippen molar-refractivity contribution in [3.8, 4) is 0 Å². The van der Waals surface area contributed by atoms with Gasteiger partial charge in [0.25, 0.3) is 0 Å². The molecule has 0 aromatic carbocycles. The third-order valence-electron chi connectivity index (χ3n) is 4.12. The van der Waals surface area contributed by atoms with Crippen molar-refractivity contribution in [2.45, 2.75) is 0 Å². The number of rotatable bonds is 6. The quantitative estimate of drug-likeness (QED) is 0.565. The predicted octanol–water partition coefficient (Wildman–Crippen LogP) is -0.0345. The van der Waals surface area contributed by atoms with E-state index in [0.29, 0.717) is 38.7 Å². The fourth-order valence-electron chi connectivity index (χ4n) is 2.83. The fraction of sp³-hybridized carbons (Fsp3) is 0.714. The summed E-state index contributed by atoms with van der Waals surface area (Å²) in [5.74, 6) is 0.622. The number of aromatic nitrogens is 2. The molecule has 3 rings (SSSR count). The molecule has 3 heterocycles. The highest BCUT2D eigenvalue weighted by molar-refractivity contribution is 5.70. The first-order valence-electron chi connectivity index (χ1n) is 8.12. The summed E-state index contributed by atoms with van der Waals surface area (Å²) in [5.41, 5.74) is -0.0682. The molecule has 1 aromatic heterocycles. The van der Waals surface area contributed by atoms with Crippen LogP contribution in [0.2, 0.25) is 0 Å². The maximum Gasteiger partial charge on any atom is 0.353 e. The van der Waals surface area contributed by atoms with Crippen molar-refractivity contribution in [1.29, 1.82) is 0 Å². The molecule has 10 nitrogen and oxygen atoms in total. The average Bonchev–Trinajstić information content (AvgIpc) is 2.63. The lowest BCUT2D eigenvalue weighted by molar-refractivity contribution is -0.383. The number of hydrogen-bond acceptors (Lipinski definition) is 9. The van der Waals surface area contributed by atoms with Crippen LogP contribution < -0.4 is 10.2 Å². The minimum absolute atomic E-state index is 0.0682. The van der Waals surface area contributed by atoms with Crippen LogP contribution >= 0.6 is 0 Å². The molecule has 0 saturated carbocycles. The van der Waals surface area contributed by atoms with Gasteiger partial charge in [-0.15, -0.1) is 0 Å². The highest BCUT2D eigenvalue weighted by atomic mass is 16.6. The van der Waals surface area contributed by atoms with Crippen LogP contribution in [0.5, 0.6) is 0 Å². The van der Waals surface area contributed by atoms with Crippen molar-refractivity contribution >= 4 is 17.3 Å². The van der Waals surface area contributed by atoms with E-state index < -0.39 is 4.92 Å². The number of morpholine rings is 2. The van der Waals surface area contributed by atoms with Crippen molar-refractivity contribution in [3.63, 3.8) is 0 Å². The number of nitro groups is 1. The van der Waals surface area contributed by atoms with Gasteiger partial charge < -0.3 is 19.7 Å². The van der Waals surface area contributed by atoms with Crippen molar-refractivity contribution in [2.24, 2.45) is 0 Å². The molecule has 2 aliphatic heterocycles. The Morgan fingerprint density at radius 2 is 1.79 bits per heavy atom. The average molecular weight is 338 g/mol. The van der Waals surface area contributed by atoms with Crippen molar-refractivity contribution in [2.75, 3.05) is 75.9 Å². The van der Waals surface area contributed by atoms with E-state index >= 15 is 0 Å². The lowest BCUT2D eigenvalue weighted by atomic mass is 10.3. The molecule has 1 N–H and O–H groups in total. The second-order valence-electron chi connectivity index (χ2n) is 5.63. The van der Waals surface area contributed by atoms with Gasteiger partial charge in [-0.2, -0.15) is 0 Å². The number of nitrogens with zero attached hydrogens (tertiary/aromatic N) is 5. The normalized spacial score (nSPS) is 19.2. The van der Waals surface area contributed by atoms with Crippen LogP contribution in [0.15, 0.2) is 6.33 Å². The summed E-state index contributed by atoms with van der Waals surface area (Å²) in [5, 5.41) is 14.6. The molecule has 10 heteroatoms. The van der Waals surface area contributed by atoms with Crippen LogP contribution in [-0.2, 0) is 9.47 Å². The Kier molecular flexibility index (Phi) is 5.72. The summed E-state index contributed by atoms with van der Waals surface area (Å²) in [7, 11) is 0. The summed E-state index contributed by atoms with van der Waals surface area (Å²) in [6.45, 7) is 6.86. The maximum atomic E-state index is 11.6. The Morgan fingerprint density at radius 3 is 2.46 bits per heavy atom. The summed E-state index contributed by atoms with van der Waals surface area (Å²) in [6, 6.07) is 0. The van der Waals surface area contributed by atoms with Gasteiger partial charge in [-0.25, -0.2) is 9.97 Å². The molecule has 1 aromatic rings. The van der Waals surface area contributed by atoms with Gasteiger partial charge in [-0.05, 0) is 0 Å².